The number of rotatable bonds is 5. The van der Waals surface area contributed by atoms with E-state index in [2.05, 4.69) is 5.32 Å². The molecule has 146 valence electrons. The molecule has 0 spiro atoms. The number of benzene rings is 2. The number of Topliss-reactive ketones (excluding diaryl/α,β-unsaturated/α-hetero) is 1. The van der Waals surface area contributed by atoms with E-state index in [0.717, 1.165) is 32.8 Å². The average molecular weight is 397 g/mol. The molecule has 0 radical (unpaired) electrons. The highest BCUT2D eigenvalue weighted by molar-refractivity contribution is 8.01. The SMILES string of the molecule is Cc1cc(C(=O)COC(=O)C[C@@H]2Sc3ccccc3NC2=O)c(C)c(C)c1C. The Bertz CT molecular complexity index is 967. The lowest BCUT2D eigenvalue weighted by molar-refractivity contribution is -0.143. The van der Waals surface area contributed by atoms with Crippen LogP contribution in [0.4, 0.5) is 5.69 Å². The van der Waals surface area contributed by atoms with E-state index in [0.29, 0.717) is 5.56 Å². The van der Waals surface area contributed by atoms with E-state index in [4.69, 9.17) is 4.74 Å². The van der Waals surface area contributed by atoms with Gasteiger partial charge in [0.2, 0.25) is 11.7 Å². The highest BCUT2D eigenvalue weighted by Gasteiger charge is 2.29. The van der Waals surface area contributed by atoms with Crippen molar-refractivity contribution >= 4 is 35.1 Å². The zero-order valence-corrected chi connectivity index (χ0v) is 17.2. The molecule has 28 heavy (non-hydrogen) atoms. The maximum Gasteiger partial charge on any atom is 0.307 e. The summed E-state index contributed by atoms with van der Waals surface area (Å²) in [6.07, 6.45) is -0.0803. The molecule has 1 atom stereocenters. The molecule has 5 nitrogen and oxygen atoms in total. The number of carbonyl (C=O) groups is 3. The molecule has 0 unspecified atom stereocenters. The summed E-state index contributed by atoms with van der Waals surface area (Å²) < 4.78 is 5.18. The van der Waals surface area contributed by atoms with Gasteiger partial charge in [0.25, 0.3) is 0 Å². The van der Waals surface area contributed by atoms with Crippen LogP contribution < -0.4 is 5.32 Å². The molecule has 2 aromatic rings. The topological polar surface area (TPSA) is 72.5 Å². The minimum atomic E-state index is -0.567. The van der Waals surface area contributed by atoms with Gasteiger partial charge in [0.15, 0.2) is 6.61 Å². The Morgan fingerprint density at radius 3 is 2.54 bits per heavy atom. The van der Waals surface area contributed by atoms with E-state index in [1.165, 1.54) is 11.8 Å². The number of para-hydroxylation sites is 1. The van der Waals surface area contributed by atoms with Crippen molar-refractivity contribution in [2.45, 2.75) is 44.3 Å². The molecule has 1 aliphatic heterocycles. The van der Waals surface area contributed by atoms with Crippen LogP contribution in [-0.2, 0) is 14.3 Å². The maximum absolute atomic E-state index is 12.5. The molecule has 6 heteroatoms. The third-order valence-corrected chi connectivity index (χ3v) is 6.48. The second-order valence-electron chi connectivity index (χ2n) is 7.00. The molecular weight excluding hydrogens is 374 g/mol. The summed E-state index contributed by atoms with van der Waals surface area (Å²) in [6, 6.07) is 9.28. The van der Waals surface area contributed by atoms with E-state index in [9.17, 15) is 14.4 Å². The third-order valence-electron chi connectivity index (χ3n) is 5.20. The van der Waals surface area contributed by atoms with E-state index in [1.54, 1.807) is 0 Å². The van der Waals surface area contributed by atoms with Crippen molar-refractivity contribution in [3.63, 3.8) is 0 Å². The van der Waals surface area contributed by atoms with Crippen LogP contribution in [0.3, 0.4) is 0 Å². The highest BCUT2D eigenvalue weighted by atomic mass is 32.2. The number of anilines is 1. The monoisotopic (exact) mass is 397 g/mol. The van der Waals surface area contributed by atoms with Crippen LogP contribution in [0.2, 0.25) is 0 Å². The molecule has 1 amide bonds. The maximum atomic E-state index is 12.5. The number of hydrogen-bond donors (Lipinski definition) is 1. The number of amides is 1. The van der Waals surface area contributed by atoms with Crippen molar-refractivity contribution in [2.24, 2.45) is 0 Å². The largest absolute Gasteiger partial charge is 0.457 e. The zero-order valence-electron chi connectivity index (χ0n) is 16.4. The summed E-state index contributed by atoms with van der Waals surface area (Å²) in [4.78, 5) is 37.9. The van der Waals surface area contributed by atoms with Crippen molar-refractivity contribution in [2.75, 3.05) is 11.9 Å². The molecular formula is C22H23NO4S. The van der Waals surface area contributed by atoms with Gasteiger partial charge in [-0.25, -0.2) is 0 Å². The fourth-order valence-corrected chi connectivity index (χ4v) is 4.26. The summed E-state index contributed by atoms with van der Waals surface area (Å²) >= 11 is 1.33. The Labute approximate surface area is 168 Å². The minimum Gasteiger partial charge on any atom is -0.457 e. The molecule has 0 saturated heterocycles. The van der Waals surface area contributed by atoms with Crippen LogP contribution in [0, 0.1) is 27.7 Å². The summed E-state index contributed by atoms with van der Waals surface area (Å²) in [6.45, 7) is 7.55. The third kappa shape index (κ3) is 4.12. The van der Waals surface area contributed by atoms with Crippen LogP contribution in [-0.4, -0.2) is 29.5 Å². The minimum absolute atomic E-state index is 0.0803. The molecule has 2 aromatic carbocycles. The summed E-state index contributed by atoms with van der Waals surface area (Å²) in [5.41, 5.74) is 5.50. The first-order chi connectivity index (χ1) is 13.3. The van der Waals surface area contributed by atoms with Crippen LogP contribution in [0.5, 0.6) is 0 Å². The molecule has 1 N–H and O–H groups in total. The normalized spacial score (nSPS) is 15.6. The van der Waals surface area contributed by atoms with Gasteiger partial charge in [-0.2, -0.15) is 0 Å². The number of nitrogens with one attached hydrogen (secondary N) is 1. The van der Waals surface area contributed by atoms with Gasteiger partial charge < -0.3 is 10.1 Å². The van der Waals surface area contributed by atoms with Gasteiger partial charge in [0.05, 0.1) is 17.4 Å². The van der Waals surface area contributed by atoms with Gasteiger partial charge in [-0.15, -0.1) is 11.8 Å². The van der Waals surface area contributed by atoms with Gasteiger partial charge in [0.1, 0.15) is 0 Å². The van der Waals surface area contributed by atoms with Crippen LogP contribution in [0.15, 0.2) is 35.2 Å². The molecule has 1 aliphatic rings. The Balaban J connectivity index is 1.61. The molecule has 0 bridgehead atoms. The fraction of sp³-hybridized carbons (Fsp3) is 0.318. The van der Waals surface area contributed by atoms with Crippen LogP contribution in [0.25, 0.3) is 0 Å². The second kappa shape index (κ2) is 8.19. The van der Waals surface area contributed by atoms with Crippen LogP contribution >= 0.6 is 11.8 Å². The molecule has 3 rings (SSSR count). The lowest BCUT2D eigenvalue weighted by Crippen LogP contribution is -2.31. The molecule has 0 saturated carbocycles. The van der Waals surface area contributed by atoms with Gasteiger partial charge >= 0.3 is 5.97 Å². The summed E-state index contributed by atoms with van der Waals surface area (Å²) in [5.74, 6) is -1.02. The van der Waals surface area contributed by atoms with E-state index < -0.39 is 11.2 Å². The van der Waals surface area contributed by atoms with Crippen molar-refractivity contribution in [3.8, 4) is 0 Å². The zero-order chi connectivity index (χ0) is 20.4. The van der Waals surface area contributed by atoms with E-state index in [1.807, 2.05) is 58.0 Å². The second-order valence-corrected chi connectivity index (χ2v) is 8.24. The van der Waals surface area contributed by atoms with Gasteiger partial charge in [-0.1, -0.05) is 12.1 Å². The van der Waals surface area contributed by atoms with Crippen molar-refractivity contribution in [1.82, 2.24) is 0 Å². The standard InChI is InChI=1S/C22H23NO4S/c1-12-9-16(15(4)14(3)13(12)2)18(24)11-27-21(25)10-20-22(26)23-17-7-5-6-8-19(17)28-20/h5-9,20H,10-11H2,1-4H3,(H,23,26)/t20-/m0/s1. The molecule has 0 aliphatic carbocycles. The van der Waals surface area contributed by atoms with Gasteiger partial charge in [-0.3, -0.25) is 14.4 Å². The first kappa shape index (κ1) is 20.1. The lowest BCUT2D eigenvalue weighted by atomic mass is 9.93. The lowest BCUT2D eigenvalue weighted by Gasteiger charge is -2.23. The number of fused-ring (bicyclic) bond motifs is 1. The molecule has 0 fully saturated rings. The van der Waals surface area contributed by atoms with Crippen molar-refractivity contribution in [1.29, 1.82) is 0 Å². The number of ether oxygens (including phenoxy) is 1. The van der Waals surface area contributed by atoms with Gasteiger partial charge in [-0.05, 0) is 68.1 Å². The first-order valence-corrected chi connectivity index (χ1v) is 9.98. The number of esters is 1. The smallest absolute Gasteiger partial charge is 0.307 e. The Kier molecular flexibility index (Phi) is 5.89. The predicted molar refractivity (Wildman–Crippen MR) is 110 cm³/mol. The number of aryl methyl sites for hydroxylation is 1. The molecule has 0 aromatic heterocycles. The number of ketones is 1. The summed E-state index contributed by atoms with van der Waals surface area (Å²) in [5, 5.41) is 2.23. The van der Waals surface area contributed by atoms with Crippen LogP contribution in [0.1, 0.15) is 39.0 Å². The average Bonchev–Trinajstić information content (AvgIpc) is 2.67. The quantitative estimate of drug-likeness (QED) is 0.606. The van der Waals surface area contributed by atoms with E-state index >= 15 is 0 Å². The fourth-order valence-electron chi connectivity index (χ4n) is 3.16. The highest BCUT2D eigenvalue weighted by Crippen LogP contribution is 2.36. The Morgan fingerprint density at radius 2 is 1.79 bits per heavy atom. The Morgan fingerprint density at radius 1 is 1.07 bits per heavy atom. The van der Waals surface area contributed by atoms with Gasteiger partial charge in [0, 0.05) is 10.5 Å². The number of hydrogen-bond acceptors (Lipinski definition) is 5. The number of thioether (sulfide) groups is 1. The van der Waals surface area contributed by atoms with Crippen molar-refractivity contribution in [3.05, 3.63) is 58.1 Å². The molecule has 1 heterocycles. The first-order valence-electron chi connectivity index (χ1n) is 9.10. The number of carbonyl (C=O) groups excluding carboxylic acids is 3. The summed E-state index contributed by atoms with van der Waals surface area (Å²) in [7, 11) is 0. The predicted octanol–water partition coefficient (Wildman–Crippen LogP) is 4.15. The van der Waals surface area contributed by atoms with Crippen molar-refractivity contribution < 1.29 is 19.1 Å². The Hall–Kier alpha value is -2.60. The van der Waals surface area contributed by atoms with E-state index in [-0.39, 0.29) is 24.7 Å².